The Labute approximate surface area is 163 Å². The highest BCUT2D eigenvalue weighted by Gasteiger charge is 2.41. The smallest absolute Gasteiger partial charge is 0.256 e. The Morgan fingerprint density at radius 1 is 1.22 bits per heavy atom. The topological polar surface area (TPSA) is 50.8 Å². The van der Waals surface area contributed by atoms with Gasteiger partial charge in [-0.2, -0.15) is 0 Å². The first kappa shape index (κ1) is 20.2. The van der Waals surface area contributed by atoms with Crippen molar-refractivity contribution in [1.82, 2.24) is 4.90 Å². The average molecular weight is 375 g/mol. The van der Waals surface area contributed by atoms with Crippen LogP contribution in [-0.4, -0.2) is 49.3 Å². The fraction of sp³-hybridized carbons (Fsp3) is 0.682. The van der Waals surface area contributed by atoms with E-state index in [1.165, 1.54) is 25.9 Å². The van der Waals surface area contributed by atoms with Gasteiger partial charge in [-0.25, -0.2) is 0 Å². The Morgan fingerprint density at radius 3 is 2.63 bits per heavy atom. The highest BCUT2D eigenvalue weighted by Crippen LogP contribution is 2.34. The van der Waals surface area contributed by atoms with E-state index in [4.69, 9.17) is 9.47 Å². The Hall–Kier alpha value is -1.59. The number of rotatable bonds is 8. The van der Waals surface area contributed by atoms with Crippen LogP contribution in [0.2, 0.25) is 0 Å². The number of hydrogen-bond donors (Lipinski definition) is 1. The van der Waals surface area contributed by atoms with Crippen molar-refractivity contribution in [2.45, 2.75) is 58.0 Å². The van der Waals surface area contributed by atoms with E-state index in [0.29, 0.717) is 13.2 Å². The van der Waals surface area contributed by atoms with Gasteiger partial charge in [0.1, 0.15) is 18.0 Å². The monoisotopic (exact) mass is 374 g/mol. The van der Waals surface area contributed by atoms with Gasteiger partial charge in [-0.1, -0.05) is 6.92 Å². The largest absolute Gasteiger partial charge is 0.492 e. The molecule has 1 aromatic carbocycles. The van der Waals surface area contributed by atoms with Crippen LogP contribution in [0.3, 0.4) is 0 Å². The molecule has 0 radical (unpaired) electrons. The Kier molecular flexibility index (Phi) is 7.13. The molecule has 1 saturated heterocycles. The Balaban J connectivity index is 1.46. The van der Waals surface area contributed by atoms with Crippen molar-refractivity contribution in [2.24, 2.45) is 5.92 Å². The van der Waals surface area contributed by atoms with Crippen molar-refractivity contribution < 1.29 is 14.3 Å². The van der Waals surface area contributed by atoms with Crippen molar-refractivity contribution >= 4 is 11.6 Å². The molecule has 0 unspecified atom stereocenters. The molecule has 0 spiro atoms. The summed E-state index contributed by atoms with van der Waals surface area (Å²) >= 11 is 0. The molecule has 1 aliphatic carbocycles. The first-order valence-corrected chi connectivity index (χ1v) is 10.5. The van der Waals surface area contributed by atoms with Crippen LogP contribution >= 0.6 is 0 Å². The summed E-state index contributed by atoms with van der Waals surface area (Å²) in [6.45, 7) is 8.86. The van der Waals surface area contributed by atoms with E-state index in [2.05, 4.69) is 17.1 Å². The van der Waals surface area contributed by atoms with Crippen LogP contribution in [-0.2, 0) is 9.53 Å². The fourth-order valence-corrected chi connectivity index (χ4v) is 4.32. The third-order valence-corrected chi connectivity index (χ3v) is 5.78. The lowest BCUT2D eigenvalue weighted by molar-refractivity contribution is -0.140. The predicted octanol–water partition coefficient (Wildman–Crippen LogP) is 4.09. The summed E-state index contributed by atoms with van der Waals surface area (Å²) in [5.41, 5.74) is 0.151. The van der Waals surface area contributed by atoms with Gasteiger partial charge < -0.3 is 14.8 Å². The maximum atomic E-state index is 12.7. The summed E-state index contributed by atoms with van der Waals surface area (Å²) in [5.74, 6) is 1.62. The molecule has 5 nitrogen and oxygen atoms in total. The maximum Gasteiger partial charge on any atom is 0.256 e. The van der Waals surface area contributed by atoms with Gasteiger partial charge in [0.2, 0.25) is 0 Å². The zero-order valence-corrected chi connectivity index (χ0v) is 16.8. The molecule has 3 rings (SSSR count). The molecule has 0 bridgehead atoms. The summed E-state index contributed by atoms with van der Waals surface area (Å²) in [7, 11) is 0. The van der Waals surface area contributed by atoms with Gasteiger partial charge in [0.25, 0.3) is 5.91 Å². The average Bonchev–Trinajstić information content (AvgIpc) is 3.14. The summed E-state index contributed by atoms with van der Waals surface area (Å²) in [6, 6.07) is 7.67. The highest BCUT2D eigenvalue weighted by atomic mass is 16.5. The van der Waals surface area contributed by atoms with E-state index in [-0.39, 0.29) is 5.91 Å². The second kappa shape index (κ2) is 9.56. The molecule has 27 heavy (non-hydrogen) atoms. The molecule has 1 saturated carbocycles. The molecular formula is C22H34N2O3. The third kappa shape index (κ3) is 5.45. The number of likely N-dealkylation sites (tertiary alicyclic amines) is 1. The van der Waals surface area contributed by atoms with E-state index in [1.54, 1.807) is 0 Å². The molecule has 1 amide bonds. The van der Waals surface area contributed by atoms with Crippen LogP contribution in [0, 0.1) is 5.92 Å². The maximum absolute atomic E-state index is 12.7. The Bertz CT molecular complexity index is 596. The molecule has 5 heteroatoms. The molecule has 1 aromatic rings. The lowest BCUT2D eigenvalue weighted by Gasteiger charge is -2.30. The van der Waals surface area contributed by atoms with Crippen molar-refractivity contribution in [1.29, 1.82) is 0 Å². The number of ether oxygens (including phenoxy) is 2. The fourth-order valence-electron chi connectivity index (χ4n) is 4.32. The number of carbonyl (C=O) groups is 1. The lowest BCUT2D eigenvalue weighted by atomic mass is 10.0. The molecule has 0 aromatic heterocycles. The van der Waals surface area contributed by atoms with E-state index >= 15 is 0 Å². The minimum absolute atomic E-state index is 0.0188. The Morgan fingerprint density at radius 2 is 1.96 bits per heavy atom. The molecular weight excluding hydrogens is 340 g/mol. The normalized spacial score (nSPS) is 22.5. The number of amides is 1. The van der Waals surface area contributed by atoms with Gasteiger partial charge in [-0.05, 0) is 82.2 Å². The van der Waals surface area contributed by atoms with Gasteiger partial charge in [0.15, 0.2) is 0 Å². The number of piperidine rings is 1. The van der Waals surface area contributed by atoms with Crippen LogP contribution < -0.4 is 10.1 Å². The van der Waals surface area contributed by atoms with E-state index in [0.717, 1.165) is 49.6 Å². The molecule has 1 atom stereocenters. The quantitative estimate of drug-likeness (QED) is 0.745. The zero-order chi connectivity index (χ0) is 19.1. The first-order valence-electron chi connectivity index (χ1n) is 10.5. The van der Waals surface area contributed by atoms with Crippen LogP contribution in [0.4, 0.5) is 5.69 Å². The number of nitrogens with one attached hydrogen (secondary N) is 1. The molecule has 1 N–H and O–H groups in total. The van der Waals surface area contributed by atoms with Gasteiger partial charge >= 0.3 is 0 Å². The van der Waals surface area contributed by atoms with E-state index in [1.807, 2.05) is 31.2 Å². The van der Waals surface area contributed by atoms with E-state index in [9.17, 15) is 4.79 Å². The molecule has 1 heterocycles. The SMILES string of the molecule is CCOC1(C(=O)Nc2ccc(OCCN3CCC[C@H](C)C3)cc2)CCCC1. The number of hydrogen-bond acceptors (Lipinski definition) is 4. The van der Waals surface area contributed by atoms with Crippen LogP contribution in [0.25, 0.3) is 0 Å². The summed E-state index contributed by atoms with van der Waals surface area (Å²) in [5, 5.41) is 3.02. The molecule has 150 valence electrons. The predicted molar refractivity (Wildman–Crippen MR) is 108 cm³/mol. The van der Waals surface area contributed by atoms with Gasteiger partial charge in [-0.15, -0.1) is 0 Å². The van der Waals surface area contributed by atoms with Crippen LogP contribution in [0.15, 0.2) is 24.3 Å². The molecule has 1 aliphatic heterocycles. The van der Waals surface area contributed by atoms with Gasteiger partial charge in [0.05, 0.1) is 0 Å². The van der Waals surface area contributed by atoms with Gasteiger partial charge in [0, 0.05) is 25.4 Å². The second-order valence-corrected chi connectivity index (χ2v) is 8.01. The van der Waals surface area contributed by atoms with Crippen molar-refractivity contribution in [3.8, 4) is 5.75 Å². The first-order chi connectivity index (χ1) is 13.1. The number of carbonyl (C=O) groups excluding carboxylic acids is 1. The summed E-state index contributed by atoms with van der Waals surface area (Å²) in [4.78, 5) is 15.2. The summed E-state index contributed by atoms with van der Waals surface area (Å²) < 4.78 is 11.7. The third-order valence-electron chi connectivity index (χ3n) is 5.78. The van der Waals surface area contributed by atoms with Crippen molar-refractivity contribution in [3.05, 3.63) is 24.3 Å². The minimum Gasteiger partial charge on any atom is -0.492 e. The number of nitrogens with zero attached hydrogens (tertiary/aromatic N) is 1. The van der Waals surface area contributed by atoms with Gasteiger partial charge in [-0.3, -0.25) is 9.69 Å². The standard InChI is InChI=1S/C22H34N2O3/c1-3-27-22(12-4-5-13-22)21(25)23-19-8-10-20(11-9-19)26-16-15-24-14-6-7-18(2)17-24/h8-11,18H,3-7,12-17H2,1-2H3,(H,23,25)/t18-/m0/s1. The molecule has 2 aliphatic rings. The summed E-state index contributed by atoms with van der Waals surface area (Å²) in [6.07, 6.45) is 6.35. The van der Waals surface area contributed by atoms with Crippen LogP contribution in [0.1, 0.15) is 52.4 Å². The number of anilines is 1. The second-order valence-electron chi connectivity index (χ2n) is 8.01. The zero-order valence-electron chi connectivity index (χ0n) is 16.8. The molecule has 2 fully saturated rings. The van der Waals surface area contributed by atoms with Crippen molar-refractivity contribution in [3.63, 3.8) is 0 Å². The minimum atomic E-state index is -0.643. The number of benzene rings is 1. The lowest BCUT2D eigenvalue weighted by Crippen LogP contribution is -2.43. The highest BCUT2D eigenvalue weighted by molar-refractivity contribution is 5.97. The van der Waals surface area contributed by atoms with Crippen molar-refractivity contribution in [2.75, 3.05) is 38.2 Å². The van der Waals surface area contributed by atoms with Crippen LogP contribution in [0.5, 0.6) is 5.75 Å². The van der Waals surface area contributed by atoms with E-state index < -0.39 is 5.60 Å².